The van der Waals surface area contributed by atoms with Gasteiger partial charge >= 0.3 is 0 Å². The van der Waals surface area contributed by atoms with Crippen molar-refractivity contribution >= 4 is 9.04 Å². The molecule has 0 aromatic heterocycles. The van der Waals surface area contributed by atoms with E-state index < -0.39 is 14.8 Å². The van der Waals surface area contributed by atoms with E-state index in [2.05, 4.69) is 13.1 Å². The predicted molar refractivity (Wildman–Crippen MR) is 60.6 cm³/mol. The smallest absolute Gasteiger partial charge is 0.171 e. The molecule has 0 aromatic carbocycles. The monoisotopic (exact) mass is 234 g/mol. The maximum absolute atomic E-state index is 5.60. The van der Waals surface area contributed by atoms with E-state index in [0.717, 1.165) is 0 Å². The minimum absolute atomic E-state index is 0.0660. The highest BCUT2D eigenvalue weighted by atomic mass is 28.3. The van der Waals surface area contributed by atoms with Crippen LogP contribution < -0.4 is 0 Å². The molecule has 1 fully saturated rings. The zero-order valence-electron chi connectivity index (χ0n) is 10.1. The molecule has 1 rings (SSSR count). The Labute approximate surface area is 93.6 Å². The molecule has 0 bridgehead atoms. The van der Waals surface area contributed by atoms with Gasteiger partial charge in [0.15, 0.2) is 14.8 Å². The zero-order valence-corrected chi connectivity index (χ0v) is 11.3. The Hall–Kier alpha value is 0.0569. The van der Waals surface area contributed by atoms with Gasteiger partial charge < -0.3 is 18.6 Å². The summed E-state index contributed by atoms with van der Waals surface area (Å²) in [6.07, 6.45) is 0.0660. The van der Waals surface area contributed by atoms with Gasteiger partial charge in [-0.1, -0.05) is 0 Å². The maximum atomic E-state index is 5.60. The second kappa shape index (κ2) is 5.96. The van der Waals surface area contributed by atoms with E-state index in [1.54, 1.807) is 0 Å². The lowest BCUT2D eigenvalue weighted by atomic mass is 10.4. The molecule has 1 unspecified atom stereocenters. The van der Waals surface area contributed by atoms with Gasteiger partial charge in [-0.2, -0.15) is 0 Å². The van der Waals surface area contributed by atoms with Crippen LogP contribution in [0.4, 0.5) is 0 Å². The predicted octanol–water partition coefficient (Wildman–Crippen LogP) is 1.15. The van der Waals surface area contributed by atoms with E-state index in [9.17, 15) is 0 Å². The molecule has 1 saturated heterocycles. The van der Waals surface area contributed by atoms with E-state index >= 15 is 0 Å². The van der Waals surface area contributed by atoms with Gasteiger partial charge in [0.05, 0.1) is 26.4 Å². The van der Waals surface area contributed by atoms with Crippen LogP contribution in [-0.4, -0.2) is 47.4 Å². The van der Waals surface area contributed by atoms with Crippen molar-refractivity contribution in [1.82, 2.24) is 0 Å². The second-order valence-corrected chi connectivity index (χ2v) is 6.88. The lowest BCUT2D eigenvalue weighted by Crippen LogP contribution is -2.25. The highest BCUT2D eigenvalue weighted by Crippen LogP contribution is 2.22. The van der Waals surface area contributed by atoms with Crippen molar-refractivity contribution in [2.75, 3.05) is 26.4 Å². The fourth-order valence-electron chi connectivity index (χ4n) is 1.40. The quantitative estimate of drug-likeness (QED) is 0.510. The summed E-state index contributed by atoms with van der Waals surface area (Å²) in [7, 11) is -0.897. The van der Waals surface area contributed by atoms with Crippen molar-refractivity contribution in [2.45, 2.75) is 38.8 Å². The third-order valence-electron chi connectivity index (χ3n) is 2.05. The molecular weight excluding hydrogens is 212 g/mol. The van der Waals surface area contributed by atoms with Crippen molar-refractivity contribution in [2.24, 2.45) is 0 Å². The summed E-state index contributed by atoms with van der Waals surface area (Å²) in [4.78, 5) is 0. The summed E-state index contributed by atoms with van der Waals surface area (Å²) in [5, 5.41) is 0. The molecule has 1 aliphatic rings. The number of hydrogen-bond acceptors (Lipinski definition) is 4. The number of rotatable bonds is 6. The lowest BCUT2D eigenvalue weighted by Gasteiger charge is -2.17. The Bertz CT molecular complexity index is 184. The summed E-state index contributed by atoms with van der Waals surface area (Å²) in [5.74, 6) is -0.449. The summed E-state index contributed by atoms with van der Waals surface area (Å²) < 4.78 is 22.0. The highest BCUT2D eigenvalue weighted by molar-refractivity contribution is 6.48. The van der Waals surface area contributed by atoms with Gasteiger partial charge in [-0.05, 0) is 26.9 Å². The summed E-state index contributed by atoms with van der Waals surface area (Å²) in [6.45, 7) is 10.7. The summed E-state index contributed by atoms with van der Waals surface area (Å²) in [5.41, 5.74) is 0. The molecule has 15 heavy (non-hydrogen) atoms. The van der Waals surface area contributed by atoms with Crippen LogP contribution in [0.2, 0.25) is 13.1 Å². The van der Waals surface area contributed by atoms with Crippen molar-refractivity contribution in [1.29, 1.82) is 0 Å². The van der Waals surface area contributed by atoms with Crippen molar-refractivity contribution in [3.8, 4) is 0 Å². The molecule has 5 heteroatoms. The van der Waals surface area contributed by atoms with Crippen LogP contribution in [0, 0.1) is 0 Å². The van der Waals surface area contributed by atoms with Crippen LogP contribution in [-0.2, 0) is 18.6 Å². The number of ether oxygens (including phenoxy) is 3. The van der Waals surface area contributed by atoms with Crippen molar-refractivity contribution in [3.05, 3.63) is 0 Å². The average molecular weight is 234 g/mol. The summed E-state index contributed by atoms with van der Waals surface area (Å²) in [6, 6.07) is 0. The standard InChI is InChI=1S/C10H22O4Si/c1-10(2)12-8-9(14-10)7-11-5-6-13-15(3)4/h9,15H,5-8H2,1-4H3. The van der Waals surface area contributed by atoms with Gasteiger partial charge in [-0.15, -0.1) is 0 Å². The molecule has 90 valence electrons. The number of hydrogen-bond donors (Lipinski definition) is 0. The minimum atomic E-state index is -0.897. The maximum Gasteiger partial charge on any atom is 0.171 e. The van der Waals surface area contributed by atoms with E-state index in [0.29, 0.717) is 26.4 Å². The Balaban J connectivity index is 1.97. The van der Waals surface area contributed by atoms with Crippen LogP contribution in [0.5, 0.6) is 0 Å². The Morgan fingerprint density at radius 1 is 1.33 bits per heavy atom. The van der Waals surface area contributed by atoms with Crippen LogP contribution in [0.15, 0.2) is 0 Å². The van der Waals surface area contributed by atoms with Gasteiger partial charge in [0.1, 0.15) is 6.10 Å². The molecule has 0 saturated carbocycles. The normalized spacial score (nSPS) is 25.0. The third kappa shape index (κ3) is 5.63. The lowest BCUT2D eigenvalue weighted by molar-refractivity contribution is -0.145. The largest absolute Gasteiger partial charge is 0.418 e. The van der Waals surface area contributed by atoms with Gasteiger partial charge in [0.25, 0.3) is 0 Å². The molecule has 0 amide bonds. The van der Waals surface area contributed by atoms with Gasteiger partial charge in [0, 0.05) is 0 Å². The fourth-order valence-corrected chi connectivity index (χ4v) is 1.97. The van der Waals surface area contributed by atoms with E-state index in [4.69, 9.17) is 18.6 Å². The molecule has 0 radical (unpaired) electrons. The summed E-state index contributed by atoms with van der Waals surface area (Å²) >= 11 is 0. The van der Waals surface area contributed by atoms with E-state index in [1.807, 2.05) is 13.8 Å². The molecule has 1 atom stereocenters. The molecule has 0 aliphatic carbocycles. The zero-order chi connectivity index (χ0) is 11.3. The first kappa shape index (κ1) is 13.1. The van der Waals surface area contributed by atoms with Gasteiger partial charge in [0.2, 0.25) is 0 Å². The first-order chi connectivity index (χ1) is 6.99. The van der Waals surface area contributed by atoms with Crippen LogP contribution in [0.25, 0.3) is 0 Å². The van der Waals surface area contributed by atoms with Crippen molar-refractivity contribution in [3.63, 3.8) is 0 Å². The molecule has 0 spiro atoms. The van der Waals surface area contributed by atoms with Crippen molar-refractivity contribution < 1.29 is 18.6 Å². The second-order valence-electron chi connectivity index (χ2n) is 4.45. The highest BCUT2D eigenvalue weighted by Gasteiger charge is 2.32. The topological polar surface area (TPSA) is 36.9 Å². The fraction of sp³-hybridized carbons (Fsp3) is 1.00. The SMILES string of the molecule is C[SiH](C)OCCOCC1COC(C)(C)O1. The van der Waals surface area contributed by atoms with Gasteiger partial charge in [-0.3, -0.25) is 0 Å². The van der Waals surface area contributed by atoms with E-state index in [-0.39, 0.29) is 6.10 Å². The van der Waals surface area contributed by atoms with E-state index in [1.165, 1.54) is 0 Å². The first-order valence-electron chi connectivity index (χ1n) is 5.51. The molecule has 0 N–H and O–H groups in total. The minimum Gasteiger partial charge on any atom is -0.418 e. The molecule has 1 heterocycles. The molecule has 1 aliphatic heterocycles. The molecular formula is C10H22O4Si. The van der Waals surface area contributed by atoms with Gasteiger partial charge in [-0.25, -0.2) is 0 Å². The first-order valence-corrected chi connectivity index (χ1v) is 8.29. The molecule has 4 nitrogen and oxygen atoms in total. The van der Waals surface area contributed by atoms with Crippen LogP contribution in [0.1, 0.15) is 13.8 Å². The Morgan fingerprint density at radius 2 is 2.07 bits per heavy atom. The third-order valence-corrected chi connectivity index (χ3v) is 2.95. The van der Waals surface area contributed by atoms with Crippen LogP contribution in [0.3, 0.4) is 0 Å². The molecule has 0 aromatic rings. The Kier molecular flexibility index (Phi) is 5.21. The average Bonchev–Trinajstić information content (AvgIpc) is 2.44. The van der Waals surface area contributed by atoms with Crippen LogP contribution >= 0.6 is 0 Å². The Morgan fingerprint density at radius 3 is 2.60 bits per heavy atom.